The number of quaternary nitrogens is 1. The number of hydrogen-bond acceptors (Lipinski definition) is 2. The number of piperazine rings is 1. The van der Waals surface area contributed by atoms with Crippen LogP contribution in [0.2, 0.25) is 0 Å². The van der Waals surface area contributed by atoms with Crippen molar-refractivity contribution in [3.8, 4) is 0 Å². The van der Waals surface area contributed by atoms with Crippen molar-refractivity contribution < 1.29 is 9.69 Å². The first-order valence-electron chi connectivity index (χ1n) is 9.02. The third-order valence-corrected chi connectivity index (χ3v) is 5.31. The molecule has 1 saturated heterocycles. The second-order valence-electron chi connectivity index (χ2n) is 6.92. The molecule has 1 aliphatic rings. The molecule has 1 aliphatic heterocycles. The molecule has 0 aromatic heterocycles. The highest BCUT2D eigenvalue weighted by molar-refractivity contribution is 5.93. The summed E-state index contributed by atoms with van der Waals surface area (Å²) in [5, 5.41) is 0. The largest absolute Gasteiger partial charge is 0.360 e. The van der Waals surface area contributed by atoms with Gasteiger partial charge in [0.1, 0.15) is 0 Å². The lowest BCUT2D eigenvalue weighted by atomic mass is 10.1. The molecular weight excluding hydrogens is 310 g/mol. The number of carbonyl (C=O) groups excluding carboxylic acids is 1. The van der Waals surface area contributed by atoms with Crippen molar-refractivity contribution >= 4 is 17.3 Å². The van der Waals surface area contributed by atoms with E-state index in [1.165, 1.54) is 21.7 Å². The third-order valence-electron chi connectivity index (χ3n) is 5.31. The smallest absolute Gasteiger partial charge is 0.281 e. The van der Waals surface area contributed by atoms with Gasteiger partial charge in [0.25, 0.3) is 5.91 Å². The summed E-state index contributed by atoms with van der Waals surface area (Å²) >= 11 is 0. The van der Waals surface area contributed by atoms with Gasteiger partial charge in [-0.15, -0.1) is 0 Å². The number of carbonyl (C=O) groups is 1. The minimum Gasteiger partial charge on any atom is -0.360 e. The van der Waals surface area contributed by atoms with Crippen molar-refractivity contribution in [2.75, 3.05) is 49.6 Å². The first-order valence-corrected chi connectivity index (χ1v) is 9.02. The highest BCUT2D eigenvalue weighted by atomic mass is 16.2. The summed E-state index contributed by atoms with van der Waals surface area (Å²) in [6.45, 7) is 8.93. The Morgan fingerprint density at radius 3 is 2.40 bits per heavy atom. The lowest BCUT2D eigenvalue weighted by Gasteiger charge is -2.35. The molecule has 0 bridgehead atoms. The van der Waals surface area contributed by atoms with E-state index in [4.69, 9.17) is 0 Å². The molecule has 25 heavy (non-hydrogen) atoms. The summed E-state index contributed by atoms with van der Waals surface area (Å²) in [6.07, 6.45) is 0. The van der Waals surface area contributed by atoms with Crippen molar-refractivity contribution in [1.29, 1.82) is 0 Å². The highest BCUT2D eigenvalue weighted by Gasteiger charge is 2.24. The van der Waals surface area contributed by atoms with E-state index in [0.717, 1.165) is 31.9 Å². The predicted molar refractivity (Wildman–Crippen MR) is 104 cm³/mol. The van der Waals surface area contributed by atoms with Gasteiger partial charge in [0.15, 0.2) is 6.54 Å². The monoisotopic (exact) mass is 338 g/mol. The third kappa shape index (κ3) is 4.02. The molecule has 0 radical (unpaired) electrons. The predicted octanol–water partition coefficient (Wildman–Crippen LogP) is 1.67. The Morgan fingerprint density at radius 1 is 1.04 bits per heavy atom. The van der Waals surface area contributed by atoms with E-state index in [0.29, 0.717) is 6.54 Å². The maximum absolute atomic E-state index is 12.6. The average molecular weight is 338 g/mol. The normalized spacial score (nSPS) is 15.2. The Kier molecular flexibility index (Phi) is 5.39. The number of likely N-dealkylation sites (N-methyl/N-ethyl adjacent to an activating group) is 1. The Bertz CT molecular complexity index is 721. The van der Waals surface area contributed by atoms with Gasteiger partial charge in [0, 0.05) is 18.4 Å². The summed E-state index contributed by atoms with van der Waals surface area (Å²) in [4.78, 5) is 18.1. The molecule has 3 rings (SSSR count). The quantitative estimate of drug-likeness (QED) is 0.918. The summed E-state index contributed by atoms with van der Waals surface area (Å²) in [5.41, 5.74) is 5.01. The second-order valence-corrected chi connectivity index (χ2v) is 6.92. The fraction of sp³-hybridized carbons (Fsp3) is 0.381. The number of nitrogens with one attached hydrogen (secondary N) is 1. The minimum atomic E-state index is 0.182. The number of benzene rings is 2. The molecule has 2 aromatic carbocycles. The van der Waals surface area contributed by atoms with Gasteiger partial charge in [0.05, 0.1) is 26.2 Å². The van der Waals surface area contributed by atoms with Crippen molar-refractivity contribution in [1.82, 2.24) is 0 Å². The van der Waals surface area contributed by atoms with Crippen LogP contribution in [0.1, 0.15) is 11.1 Å². The number of anilines is 2. The lowest BCUT2D eigenvalue weighted by molar-refractivity contribution is -0.892. The minimum absolute atomic E-state index is 0.182. The zero-order chi connectivity index (χ0) is 17.8. The van der Waals surface area contributed by atoms with Crippen LogP contribution >= 0.6 is 0 Å². The molecular formula is C21H28N3O+. The van der Waals surface area contributed by atoms with Crippen LogP contribution in [0.4, 0.5) is 11.4 Å². The molecule has 132 valence electrons. The average Bonchev–Trinajstić information content (AvgIpc) is 2.65. The molecule has 0 unspecified atom stereocenters. The first kappa shape index (κ1) is 17.5. The van der Waals surface area contributed by atoms with Crippen molar-refractivity contribution in [3.05, 3.63) is 59.7 Å². The zero-order valence-corrected chi connectivity index (χ0v) is 15.5. The van der Waals surface area contributed by atoms with Crippen molar-refractivity contribution in [2.45, 2.75) is 13.8 Å². The summed E-state index contributed by atoms with van der Waals surface area (Å²) < 4.78 is 0. The van der Waals surface area contributed by atoms with E-state index >= 15 is 0 Å². The molecule has 4 nitrogen and oxygen atoms in total. The van der Waals surface area contributed by atoms with Crippen LogP contribution in [-0.2, 0) is 4.79 Å². The molecule has 2 aromatic rings. The summed E-state index contributed by atoms with van der Waals surface area (Å²) in [7, 11) is 1.86. The molecule has 0 atom stereocenters. The van der Waals surface area contributed by atoms with Gasteiger partial charge in [0.2, 0.25) is 0 Å². The molecule has 1 fully saturated rings. The van der Waals surface area contributed by atoms with E-state index in [1.54, 1.807) is 4.90 Å². The van der Waals surface area contributed by atoms with Gasteiger partial charge in [-0.1, -0.05) is 30.3 Å². The second kappa shape index (κ2) is 7.70. The van der Waals surface area contributed by atoms with E-state index in [1.807, 2.05) is 37.4 Å². The molecule has 1 heterocycles. The standard InChI is InChI=1S/C21H27N3O/c1-17-8-7-11-20(18(17)2)24-14-12-23(13-15-24)16-21(25)22(3)19-9-5-4-6-10-19/h4-11H,12-16H2,1-3H3/p+1. The van der Waals surface area contributed by atoms with Crippen LogP contribution < -0.4 is 14.7 Å². The lowest BCUT2D eigenvalue weighted by Crippen LogP contribution is -3.16. The Labute approximate surface area is 150 Å². The Balaban J connectivity index is 1.56. The topological polar surface area (TPSA) is 28.0 Å². The van der Waals surface area contributed by atoms with Crippen LogP contribution in [0.15, 0.2) is 48.5 Å². The zero-order valence-electron chi connectivity index (χ0n) is 15.5. The van der Waals surface area contributed by atoms with Crippen LogP contribution in [-0.4, -0.2) is 45.7 Å². The number of rotatable bonds is 4. The van der Waals surface area contributed by atoms with Crippen LogP contribution in [0.3, 0.4) is 0 Å². The molecule has 0 aliphatic carbocycles. The number of aryl methyl sites for hydroxylation is 1. The van der Waals surface area contributed by atoms with Gasteiger partial charge in [-0.3, -0.25) is 4.79 Å². The Morgan fingerprint density at radius 2 is 1.72 bits per heavy atom. The highest BCUT2D eigenvalue weighted by Crippen LogP contribution is 2.22. The number of hydrogen-bond donors (Lipinski definition) is 1. The summed E-state index contributed by atoms with van der Waals surface area (Å²) in [5.74, 6) is 0.182. The van der Waals surface area contributed by atoms with E-state index < -0.39 is 0 Å². The van der Waals surface area contributed by atoms with Gasteiger partial charge in [-0.05, 0) is 43.2 Å². The number of para-hydroxylation sites is 1. The maximum atomic E-state index is 12.6. The van der Waals surface area contributed by atoms with Gasteiger partial charge in [-0.25, -0.2) is 0 Å². The number of nitrogens with zero attached hydrogens (tertiary/aromatic N) is 2. The molecule has 4 heteroatoms. The first-order chi connectivity index (χ1) is 12.1. The van der Waals surface area contributed by atoms with E-state index in [-0.39, 0.29) is 5.91 Å². The van der Waals surface area contributed by atoms with E-state index in [9.17, 15) is 4.79 Å². The van der Waals surface area contributed by atoms with Crippen LogP contribution in [0.5, 0.6) is 0 Å². The molecule has 1 N–H and O–H groups in total. The summed E-state index contributed by atoms with van der Waals surface area (Å²) in [6, 6.07) is 16.4. The van der Waals surface area contributed by atoms with Crippen molar-refractivity contribution in [2.24, 2.45) is 0 Å². The van der Waals surface area contributed by atoms with Gasteiger partial charge < -0.3 is 14.7 Å². The molecule has 0 saturated carbocycles. The Hall–Kier alpha value is -2.33. The molecule has 0 spiro atoms. The fourth-order valence-corrected chi connectivity index (χ4v) is 3.45. The number of amides is 1. The fourth-order valence-electron chi connectivity index (χ4n) is 3.45. The SMILES string of the molecule is Cc1cccc(N2CC[NH+](CC(=O)N(C)c3ccccc3)CC2)c1C. The van der Waals surface area contributed by atoms with Crippen LogP contribution in [0.25, 0.3) is 0 Å². The molecule has 1 amide bonds. The van der Waals surface area contributed by atoms with Crippen LogP contribution in [0, 0.1) is 13.8 Å². The maximum Gasteiger partial charge on any atom is 0.281 e. The van der Waals surface area contributed by atoms with Gasteiger partial charge >= 0.3 is 0 Å². The van der Waals surface area contributed by atoms with E-state index in [2.05, 4.69) is 36.9 Å². The van der Waals surface area contributed by atoms with Crippen molar-refractivity contribution in [3.63, 3.8) is 0 Å². The van der Waals surface area contributed by atoms with Gasteiger partial charge in [-0.2, -0.15) is 0 Å².